The summed E-state index contributed by atoms with van der Waals surface area (Å²) in [6.45, 7) is 6.82. The lowest BCUT2D eigenvalue weighted by atomic mass is 10.2. The van der Waals surface area contributed by atoms with Gasteiger partial charge in [0.2, 0.25) is 0 Å². The standard InChI is InChI=1S/C11H24NO3/c1-9(13)6-12(3,7-10(2)14)5-4-11-8-15-11/h9-11,13-14H,4-8H2,1-3H3/q+1. The van der Waals surface area contributed by atoms with Crippen molar-refractivity contribution in [3.8, 4) is 0 Å². The molecule has 1 heterocycles. The molecular formula is C11H24NO3+. The second-order valence-corrected chi connectivity index (χ2v) is 5.15. The highest BCUT2D eigenvalue weighted by Crippen LogP contribution is 2.17. The maximum atomic E-state index is 9.45. The monoisotopic (exact) mass is 218 g/mol. The topological polar surface area (TPSA) is 53.0 Å². The minimum absolute atomic E-state index is 0.325. The van der Waals surface area contributed by atoms with Gasteiger partial charge in [0.25, 0.3) is 0 Å². The third-order valence-corrected chi connectivity index (χ3v) is 2.80. The van der Waals surface area contributed by atoms with Crippen LogP contribution in [-0.2, 0) is 4.74 Å². The number of epoxide rings is 1. The van der Waals surface area contributed by atoms with Crippen molar-refractivity contribution in [3.63, 3.8) is 0 Å². The van der Waals surface area contributed by atoms with Crippen molar-refractivity contribution in [2.75, 3.05) is 33.3 Å². The maximum Gasteiger partial charge on any atom is 0.105 e. The van der Waals surface area contributed by atoms with Gasteiger partial charge < -0.3 is 19.4 Å². The fourth-order valence-electron chi connectivity index (χ4n) is 2.22. The smallest absolute Gasteiger partial charge is 0.105 e. The minimum Gasteiger partial charge on any atom is -0.388 e. The van der Waals surface area contributed by atoms with Crippen LogP contribution < -0.4 is 0 Å². The lowest BCUT2D eigenvalue weighted by Gasteiger charge is -2.36. The van der Waals surface area contributed by atoms with Gasteiger partial charge in [0.1, 0.15) is 25.3 Å². The molecule has 0 aromatic rings. The van der Waals surface area contributed by atoms with E-state index in [-0.39, 0.29) is 12.2 Å². The van der Waals surface area contributed by atoms with Crippen LogP contribution in [0.2, 0.25) is 0 Å². The normalized spacial score (nSPS) is 28.2. The summed E-state index contributed by atoms with van der Waals surface area (Å²) in [5.41, 5.74) is 0. The molecule has 0 saturated carbocycles. The van der Waals surface area contributed by atoms with Crippen molar-refractivity contribution >= 4 is 0 Å². The van der Waals surface area contributed by atoms with Gasteiger partial charge >= 0.3 is 0 Å². The summed E-state index contributed by atoms with van der Waals surface area (Å²) in [6, 6.07) is 0. The predicted octanol–water partition coefficient (Wildman–Crippen LogP) is -0.0165. The lowest BCUT2D eigenvalue weighted by Crippen LogP contribution is -2.52. The fraction of sp³-hybridized carbons (Fsp3) is 1.00. The van der Waals surface area contributed by atoms with Crippen molar-refractivity contribution in [2.45, 2.75) is 38.6 Å². The van der Waals surface area contributed by atoms with Crippen molar-refractivity contribution in [2.24, 2.45) is 0 Å². The maximum absolute atomic E-state index is 9.45. The third kappa shape index (κ3) is 5.47. The molecule has 0 aliphatic carbocycles. The largest absolute Gasteiger partial charge is 0.388 e. The Morgan fingerprint density at radius 3 is 2.07 bits per heavy atom. The molecule has 1 aliphatic heterocycles. The average Bonchev–Trinajstić information content (AvgIpc) is 2.79. The summed E-state index contributed by atoms with van der Waals surface area (Å²) >= 11 is 0. The number of hydrogen-bond donors (Lipinski definition) is 2. The number of quaternary nitrogens is 1. The molecule has 4 heteroatoms. The Balaban J connectivity index is 2.40. The molecule has 0 radical (unpaired) electrons. The molecule has 0 aromatic heterocycles. The van der Waals surface area contributed by atoms with Crippen LogP contribution in [0, 0.1) is 0 Å². The molecule has 0 amide bonds. The van der Waals surface area contributed by atoms with Gasteiger partial charge in [-0.1, -0.05) is 0 Å². The van der Waals surface area contributed by atoms with Crippen molar-refractivity contribution in [3.05, 3.63) is 0 Å². The van der Waals surface area contributed by atoms with Crippen LogP contribution in [0.1, 0.15) is 20.3 Å². The summed E-state index contributed by atoms with van der Waals surface area (Å²) in [5.74, 6) is 0. The number of ether oxygens (including phenoxy) is 1. The van der Waals surface area contributed by atoms with Crippen LogP contribution in [0.25, 0.3) is 0 Å². The van der Waals surface area contributed by atoms with E-state index in [0.717, 1.165) is 24.1 Å². The molecule has 3 unspecified atom stereocenters. The molecule has 0 bridgehead atoms. The van der Waals surface area contributed by atoms with Gasteiger partial charge in [-0.05, 0) is 13.8 Å². The quantitative estimate of drug-likeness (QED) is 0.466. The first-order valence-electron chi connectivity index (χ1n) is 5.72. The number of rotatable bonds is 7. The predicted molar refractivity (Wildman–Crippen MR) is 58.5 cm³/mol. The van der Waals surface area contributed by atoms with E-state index in [1.807, 2.05) is 0 Å². The van der Waals surface area contributed by atoms with Crippen LogP contribution in [0.4, 0.5) is 0 Å². The zero-order valence-corrected chi connectivity index (χ0v) is 10.0. The van der Waals surface area contributed by atoms with Gasteiger partial charge in [-0.2, -0.15) is 0 Å². The zero-order chi connectivity index (χ0) is 11.5. The van der Waals surface area contributed by atoms with Crippen LogP contribution in [0.15, 0.2) is 0 Å². The number of aliphatic hydroxyl groups is 2. The van der Waals surface area contributed by atoms with E-state index in [1.165, 1.54) is 0 Å². The van der Waals surface area contributed by atoms with Gasteiger partial charge in [-0.15, -0.1) is 0 Å². The molecule has 0 aromatic carbocycles. The highest BCUT2D eigenvalue weighted by atomic mass is 16.6. The first-order valence-corrected chi connectivity index (χ1v) is 5.72. The van der Waals surface area contributed by atoms with Gasteiger partial charge in [-0.3, -0.25) is 0 Å². The number of nitrogens with zero attached hydrogens (tertiary/aromatic N) is 1. The van der Waals surface area contributed by atoms with E-state index in [0.29, 0.717) is 19.2 Å². The second-order valence-electron chi connectivity index (χ2n) is 5.15. The molecule has 0 spiro atoms. The summed E-state index contributed by atoms with van der Waals surface area (Å²) in [7, 11) is 2.09. The Bertz CT molecular complexity index is 180. The first kappa shape index (κ1) is 12.9. The van der Waals surface area contributed by atoms with Gasteiger partial charge in [0.05, 0.1) is 26.3 Å². The highest BCUT2D eigenvalue weighted by molar-refractivity contribution is 4.68. The number of hydrogen-bond acceptors (Lipinski definition) is 3. The lowest BCUT2D eigenvalue weighted by molar-refractivity contribution is -0.915. The van der Waals surface area contributed by atoms with Crippen LogP contribution >= 0.6 is 0 Å². The molecule has 2 N–H and O–H groups in total. The van der Waals surface area contributed by atoms with E-state index in [1.54, 1.807) is 13.8 Å². The van der Waals surface area contributed by atoms with E-state index in [2.05, 4.69) is 7.05 Å². The van der Waals surface area contributed by atoms with Crippen LogP contribution in [0.5, 0.6) is 0 Å². The van der Waals surface area contributed by atoms with E-state index in [9.17, 15) is 10.2 Å². The van der Waals surface area contributed by atoms with Crippen molar-refractivity contribution in [1.82, 2.24) is 0 Å². The first-order chi connectivity index (χ1) is 6.91. The zero-order valence-electron chi connectivity index (χ0n) is 10.0. The summed E-state index contributed by atoms with van der Waals surface area (Å²) in [5, 5.41) is 18.9. The summed E-state index contributed by atoms with van der Waals surface area (Å²) in [4.78, 5) is 0. The molecule has 4 nitrogen and oxygen atoms in total. The Labute approximate surface area is 92.1 Å². The van der Waals surface area contributed by atoms with Crippen molar-refractivity contribution < 1.29 is 19.4 Å². The average molecular weight is 218 g/mol. The van der Waals surface area contributed by atoms with Gasteiger partial charge in [0, 0.05) is 6.42 Å². The minimum atomic E-state index is -0.325. The summed E-state index contributed by atoms with van der Waals surface area (Å²) < 4.78 is 5.90. The van der Waals surface area contributed by atoms with E-state index >= 15 is 0 Å². The van der Waals surface area contributed by atoms with E-state index < -0.39 is 0 Å². The Kier molecular flexibility index (Phi) is 4.52. The molecular weight excluding hydrogens is 194 g/mol. The molecule has 90 valence electrons. The number of aliphatic hydroxyl groups excluding tert-OH is 2. The molecule has 3 atom stereocenters. The summed E-state index contributed by atoms with van der Waals surface area (Å²) in [6.07, 6.45) is 0.795. The van der Waals surface area contributed by atoms with Crippen molar-refractivity contribution in [1.29, 1.82) is 0 Å². The Hall–Kier alpha value is -0.160. The fourth-order valence-corrected chi connectivity index (χ4v) is 2.22. The molecule has 1 aliphatic rings. The molecule has 1 fully saturated rings. The Morgan fingerprint density at radius 1 is 1.27 bits per heavy atom. The van der Waals surface area contributed by atoms with Crippen LogP contribution in [-0.4, -0.2) is 66.3 Å². The number of likely N-dealkylation sites (N-methyl/N-ethyl adjacent to an activating group) is 1. The van der Waals surface area contributed by atoms with Gasteiger partial charge in [0.15, 0.2) is 0 Å². The molecule has 1 rings (SSSR count). The van der Waals surface area contributed by atoms with Gasteiger partial charge in [-0.25, -0.2) is 0 Å². The SMILES string of the molecule is CC(O)C[N+](C)(CCC1CO1)CC(C)O. The second kappa shape index (κ2) is 5.25. The highest BCUT2D eigenvalue weighted by Gasteiger charge is 2.30. The molecule has 1 saturated heterocycles. The third-order valence-electron chi connectivity index (χ3n) is 2.80. The van der Waals surface area contributed by atoms with Crippen LogP contribution in [0.3, 0.4) is 0 Å². The Morgan fingerprint density at radius 2 is 1.73 bits per heavy atom. The van der Waals surface area contributed by atoms with E-state index in [4.69, 9.17) is 4.74 Å². The molecule has 15 heavy (non-hydrogen) atoms.